The van der Waals surface area contributed by atoms with Crippen molar-refractivity contribution >= 4 is 16.7 Å². The maximum absolute atomic E-state index is 12.4. The van der Waals surface area contributed by atoms with Crippen LogP contribution >= 0.6 is 0 Å². The van der Waals surface area contributed by atoms with Crippen LogP contribution in [-0.2, 0) is 6.54 Å². The lowest BCUT2D eigenvalue weighted by Crippen LogP contribution is -2.23. The van der Waals surface area contributed by atoms with Crippen molar-refractivity contribution < 1.29 is 10.0 Å². The molecule has 1 aromatic heterocycles. The summed E-state index contributed by atoms with van der Waals surface area (Å²) in [5.74, 6) is -0.210. The quantitative estimate of drug-likeness (QED) is 0.663. The molecule has 1 atom stereocenters. The smallest absolute Gasteiger partial charge is 0.274 e. The molecule has 5 nitrogen and oxygen atoms in total. The summed E-state index contributed by atoms with van der Waals surface area (Å²) in [5.41, 5.74) is 1.72. The van der Waals surface area contributed by atoms with Gasteiger partial charge in [0.05, 0.1) is 0 Å². The molecule has 0 saturated carbocycles. The molecule has 0 spiro atoms. The van der Waals surface area contributed by atoms with Crippen LogP contribution in [0.25, 0.3) is 10.8 Å². The first kappa shape index (κ1) is 14.3. The molecule has 1 aromatic carbocycles. The van der Waals surface area contributed by atoms with Gasteiger partial charge in [-0.15, -0.1) is 0 Å². The highest BCUT2D eigenvalue weighted by molar-refractivity contribution is 5.97. The Balaban J connectivity index is 2.52. The van der Waals surface area contributed by atoms with Gasteiger partial charge in [-0.05, 0) is 29.5 Å². The van der Waals surface area contributed by atoms with E-state index in [0.29, 0.717) is 17.8 Å². The van der Waals surface area contributed by atoms with Crippen molar-refractivity contribution in [3.8, 4) is 0 Å². The average Bonchev–Trinajstić information content (AvgIpc) is 2.48. The maximum Gasteiger partial charge on any atom is 0.274 e. The number of hydrogen-bond acceptors (Lipinski definition) is 3. The molecule has 0 fully saturated rings. The summed E-state index contributed by atoms with van der Waals surface area (Å²) < 4.78 is 1.66. The predicted octanol–water partition coefficient (Wildman–Crippen LogP) is 2.17. The summed E-state index contributed by atoms with van der Waals surface area (Å²) in [4.78, 5) is 23.8. The Morgan fingerprint density at radius 1 is 1.40 bits per heavy atom. The Kier molecular flexibility index (Phi) is 4.20. The largest absolute Gasteiger partial charge is 0.315 e. The molecule has 0 aliphatic carbocycles. The lowest BCUT2D eigenvalue weighted by molar-refractivity contribution is 0.0706. The van der Waals surface area contributed by atoms with E-state index in [2.05, 4.69) is 13.8 Å². The number of amides is 1. The summed E-state index contributed by atoms with van der Waals surface area (Å²) in [6.45, 7) is 4.83. The van der Waals surface area contributed by atoms with Gasteiger partial charge in [0, 0.05) is 23.7 Å². The number of pyridine rings is 1. The fourth-order valence-electron chi connectivity index (χ4n) is 2.09. The number of carbonyl (C=O) groups excluding carboxylic acids is 1. The van der Waals surface area contributed by atoms with E-state index in [-0.39, 0.29) is 11.1 Å². The van der Waals surface area contributed by atoms with Crippen molar-refractivity contribution in [3.63, 3.8) is 0 Å². The summed E-state index contributed by atoms with van der Waals surface area (Å²) in [7, 11) is 0. The SMILES string of the molecule is CCC(C)Cn1ccc2ccc(C(=O)NO)cc2c1=O. The summed E-state index contributed by atoms with van der Waals surface area (Å²) in [6.07, 6.45) is 2.78. The van der Waals surface area contributed by atoms with Gasteiger partial charge in [-0.2, -0.15) is 0 Å². The Hall–Kier alpha value is -2.14. The minimum Gasteiger partial charge on any atom is -0.315 e. The number of hydrogen-bond donors (Lipinski definition) is 2. The van der Waals surface area contributed by atoms with Crippen LogP contribution in [0.5, 0.6) is 0 Å². The predicted molar refractivity (Wildman–Crippen MR) is 76.9 cm³/mol. The first-order valence-corrected chi connectivity index (χ1v) is 6.64. The first-order chi connectivity index (χ1) is 9.56. The first-order valence-electron chi connectivity index (χ1n) is 6.64. The van der Waals surface area contributed by atoms with Gasteiger partial charge in [-0.3, -0.25) is 14.8 Å². The van der Waals surface area contributed by atoms with Gasteiger partial charge in [-0.25, -0.2) is 5.48 Å². The molecule has 2 aromatic rings. The zero-order valence-corrected chi connectivity index (χ0v) is 11.6. The topological polar surface area (TPSA) is 71.3 Å². The van der Waals surface area contributed by atoms with E-state index in [1.807, 2.05) is 6.07 Å². The highest BCUT2D eigenvalue weighted by Crippen LogP contribution is 2.13. The molecular formula is C15H18N2O3. The van der Waals surface area contributed by atoms with Crippen LogP contribution in [0.1, 0.15) is 30.6 Å². The number of benzene rings is 1. The molecule has 20 heavy (non-hydrogen) atoms. The molecule has 0 bridgehead atoms. The van der Waals surface area contributed by atoms with Crippen molar-refractivity contribution in [2.24, 2.45) is 5.92 Å². The Bertz CT molecular complexity index is 691. The van der Waals surface area contributed by atoms with Crippen LogP contribution in [0.15, 0.2) is 35.3 Å². The van der Waals surface area contributed by atoms with Crippen molar-refractivity contribution in [2.75, 3.05) is 0 Å². The molecule has 0 radical (unpaired) electrons. The van der Waals surface area contributed by atoms with E-state index >= 15 is 0 Å². The lowest BCUT2D eigenvalue weighted by atomic mass is 10.1. The number of aromatic nitrogens is 1. The monoisotopic (exact) mass is 274 g/mol. The van der Waals surface area contributed by atoms with Gasteiger partial charge in [-0.1, -0.05) is 26.3 Å². The van der Waals surface area contributed by atoms with Crippen LogP contribution in [0, 0.1) is 5.92 Å². The van der Waals surface area contributed by atoms with Gasteiger partial charge in [0.15, 0.2) is 0 Å². The number of rotatable bonds is 4. The zero-order valence-electron chi connectivity index (χ0n) is 11.6. The van der Waals surface area contributed by atoms with E-state index in [4.69, 9.17) is 5.21 Å². The number of hydroxylamine groups is 1. The summed E-state index contributed by atoms with van der Waals surface area (Å²) >= 11 is 0. The Morgan fingerprint density at radius 2 is 2.15 bits per heavy atom. The molecule has 0 aliphatic rings. The van der Waals surface area contributed by atoms with E-state index in [1.54, 1.807) is 28.4 Å². The third kappa shape index (κ3) is 2.72. The van der Waals surface area contributed by atoms with Crippen LogP contribution in [-0.4, -0.2) is 15.7 Å². The average molecular weight is 274 g/mol. The van der Waals surface area contributed by atoms with E-state index in [0.717, 1.165) is 11.8 Å². The molecule has 106 valence electrons. The standard InChI is InChI=1S/C15H18N2O3/c1-3-10(2)9-17-7-6-11-4-5-12(14(18)16-20)8-13(11)15(17)19/h4-8,10,20H,3,9H2,1-2H3,(H,16,18). The van der Waals surface area contributed by atoms with Gasteiger partial charge < -0.3 is 4.57 Å². The van der Waals surface area contributed by atoms with Crippen LogP contribution in [0.4, 0.5) is 0 Å². The van der Waals surface area contributed by atoms with Crippen molar-refractivity contribution in [1.82, 2.24) is 10.0 Å². The number of nitrogens with one attached hydrogen (secondary N) is 1. The minimum atomic E-state index is -0.622. The molecule has 0 aliphatic heterocycles. The fraction of sp³-hybridized carbons (Fsp3) is 0.333. The highest BCUT2D eigenvalue weighted by Gasteiger charge is 2.09. The van der Waals surface area contributed by atoms with E-state index < -0.39 is 5.91 Å². The summed E-state index contributed by atoms with van der Waals surface area (Å²) in [5, 5.41) is 9.92. The molecule has 2 N–H and O–H groups in total. The minimum absolute atomic E-state index is 0.115. The number of carbonyl (C=O) groups is 1. The molecule has 2 rings (SSSR count). The highest BCUT2D eigenvalue weighted by atomic mass is 16.5. The van der Waals surface area contributed by atoms with Gasteiger partial charge in [0.25, 0.3) is 11.5 Å². The van der Waals surface area contributed by atoms with Crippen molar-refractivity contribution in [3.05, 3.63) is 46.4 Å². The fourth-order valence-corrected chi connectivity index (χ4v) is 2.09. The second kappa shape index (κ2) is 5.88. The lowest BCUT2D eigenvalue weighted by Gasteiger charge is -2.12. The third-order valence-corrected chi connectivity index (χ3v) is 3.55. The summed E-state index contributed by atoms with van der Waals surface area (Å²) in [6, 6.07) is 6.65. The van der Waals surface area contributed by atoms with Crippen LogP contribution in [0.2, 0.25) is 0 Å². The van der Waals surface area contributed by atoms with Gasteiger partial charge >= 0.3 is 0 Å². The number of nitrogens with zero attached hydrogens (tertiary/aromatic N) is 1. The van der Waals surface area contributed by atoms with Crippen molar-refractivity contribution in [1.29, 1.82) is 0 Å². The Morgan fingerprint density at radius 3 is 2.80 bits per heavy atom. The second-order valence-corrected chi connectivity index (χ2v) is 5.03. The third-order valence-electron chi connectivity index (χ3n) is 3.55. The molecule has 1 unspecified atom stereocenters. The van der Waals surface area contributed by atoms with Crippen molar-refractivity contribution in [2.45, 2.75) is 26.8 Å². The molecule has 1 amide bonds. The maximum atomic E-state index is 12.4. The molecule has 0 saturated heterocycles. The molecule has 5 heteroatoms. The second-order valence-electron chi connectivity index (χ2n) is 5.03. The molecule has 1 heterocycles. The van der Waals surface area contributed by atoms with E-state index in [9.17, 15) is 9.59 Å². The molecular weight excluding hydrogens is 256 g/mol. The normalized spacial score (nSPS) is 12.3. The van der Waals surface area contributed by atoms with Gasteiger partial charge in [0.2, 0.25) is 0 Å². The van der Waals surface area contributed by atoms with Gasteiger partial charge in [0.1, 0.15) is 0 Å². The number of fused-ring (bicyclic) bond motifs is 1. The zero-order chi connectivity index (χ0) is 14.7. The Labute approximate surface area is 116 Å². The van der Waals surface area contributed by atoms with Crippen LogP contribution in [0.3, 0.4) is 0 Å². The van der Waals surface area contributed by atoms with Crippen LogP contribution < -0.4 is 11.0 Å². The van der Waals surface area contributed by atoms with E-state index in [1.165, 1.54) is 6.07 Å².